The van der Waals surface area contributed by atoms with Crippen LogP contribution in [0.3, 0.4) is 0 Å². The Labute approximate surface area is 159 Å². The molecule has 2 aromatic rings. The zero-order valence-corrected chi connectivity index (χ0v) is 15.8. The number of nitrogens with one attached hydrogen (secondary N) is 1. The van der Waals surface area contributed by atoms with Crippen LogP contribution in [0.5, 0.6) is 11.5 Å². The Kier molecular flexibility index (Phi) is 7.21. The fourth-order valence-corrected chi connectivity index (χ4v) is 2.74. The lowest BCUT2D eigenvalue weighted by atomic mass is 9.88. The number of carbonyl (C=O) groups is 1. The molecule has 27 heavy (non-hydrogen) atoms. The molecule has 6 heteroatoms. The molecule has 0 fully saturated rings. The van der Waals surface area contributed by atoms with E-state index in [4.69, 9.17) is 19.5 Å². The van der Waals surface area contributed by atoms with Crippen molar-refractivity contribution in [1.29, 1.82) is 5.26 Å². The van der Waals surface area contributed by atoms with Crippen molar-refractivity contribution in [3.63, 3.8) is 0 Å². The molecule has 142 valence electrons. The molecule has 2 aromatic carbocycles. The summed E-state index contributed by atoms with van der Waals surface area (Å²) >= 11 is 0. The van der Waals surface area contributed by atoms with Gasteiger partial charge < -0.3 is 19.5 Å². The topological polar surface area (TPSA) is 80.6 Å². The standard InChI is InChI=1S/C21H24N2O4/c1-21(14-20(24)26-3,17-7-5-8-18(13-17)25-2)23-10-11-27-19-9-4-6-16(12-19)15-22/h4-9,12-13,23H,10-11,14H2,1-3H3/t21-/m1/s1. The smallest absolute Gasteiger partial charge is 0.307 e. The minimum atomic E-state index is -0.639. The van der Waals surface area contributed by atoms with E-state index in [0.717, 1.165) is 11.3 Å². The Bertz CT molecular complexity index is 816. The summed E-state index contributed by atoms with van der Waals surface area (Å²) in [5, 5.41) is 12.3. The van der Waals surface area contributed by atoms with Crippen LogP contribution < -0.4 is 14.8 Å². The van der Waals surface area contributed by atoms with Crippen molar-refractivity contribution in [2.45, 2.75) is 18.9 Å². The van der Waals surface area contributed by atoms with E-state index in [1.165, 1.54) is 7.11 Å². The molecule has 0 amide bonds. The van der Waals surface area contributed by atoms with E-state index in [1.807, 2.05) is 31.2 Å². The lowest BCUT2D eigenvalue weighted by Crippen LogP contribution is -2.43. The molecule has 0 aliphatic heterocycles. The van der Waals surface area contributed by atoms with Crippen LogP contribution in [0, 0.1) is 11.3 Å². The predicted octanol–water partition coefficient (Wildman–Crippen LogP) is 3.01. The van der Waals surface area contributed by atoms with Gasteiger partial charge in [-0.05, 0) is 42.8 Å². The molecule has 0 aliphatic rings. The number of ether oxygens (including phenoxy) is 3. The SMILES string of the molecule is COC(=O)C[C@@](C)(NCCOc1cccc(C#N)c1)c1cccc(OC)c1. The largest absolute Gasteiger partial charge is 0.497 e. The van der Waals surface area contributed by atoms with E-state index in [9.17, 15) is 4.79 Å². The molecule has 1 N–H and O–H groups in total. The Hall–Kier alpha value is -3.04. The quantitative estimate of drug-likeness (QED) is 0.541. The Morgan fingerprint density at radius 1 is 1.15 bits per heavy atom. The Morgan fingerprint density at radius 2 is 1.89 bits per heavy atom. The van der Waals surface area contributed by atoms with Crippen molar-refractivity contribution in [3.8, 4) is 17.6 Å². The second kappa shape index (κ2) is 9.60. The van der Waals surface area contributed by atoms with Crippen molar-refractivity contribution in [1.82, 2.24) is 5.32 Å². The van der Waals surface area contributed by atoms with E-state index >= 15 is 0 Å². The highest BCUT2D eigenvalue weighted by Crippen LogP contribution is 2.28. The summed E-state index contributed by atoms with van der Waals surface area (Å²) in [4.78, 5) is 11.9. The number of esters is 1. The molecule has 0 saturated carbocycles. The second-order valence-corrected chi connectivity index (χ2v) is 6.23. The highest BCUT2D eigenvalue weighted by atomic mass is 16.5. The third-order valence-corrected chi connectivity index (χ3v) is 4.28. The van der Waals surface area contributed by atoms with Gasteiger partial charge in [-0.25, -0.2) is 0 Å². The van der Waals surface area contributed by atoms with Crippen LogP contribution in [0.25, 0.3) is 0 Å². The molecule has 2 rings (SSSR count). The average Bonchev–Trinajstić information content (AvgIpc) is 2.71. The number of methoxy groups -OCH3 is 2. The van der Waals surface area contributed by atoms with Crippen molar-refractivity contribution in [2.24, 2.45) is 0 Å². The number of rotatable bonds is 9. The third kappa shape index (κ3) is 5.73. The van der Waals surface area contributed by atoms with Gasteiger partial charge in [0.2, 0.25) is 0 Å². The number of hydrogen-bond acceptors (Lipinski definition) is 6. The first kappa shape index (κ1) is 20.3. The van der Waals surface area contributed by atoms with Crippen molar-refractivity contribution < 1.29 is 19.0 Å². The Balaban J connectivity index is 2.05. The van der Waals surface area contributed by atoms with Gasteiger partial charge >= 0.3 is 5.97 Å². The first-order chi connectivity index (χ1) is 13.0. The lowest BCUT2D eigenvalue weighted by molar-refractivity contribution is -0.142. The van der Waals surface area contributed by atoms with Crippen LogP contribution in [0.4, 0.5) is 0 Å². The molecular weight excluding hydrogens is 344 g/mol. The maximum Gasteiger partial charge on any atom is 0.307 e. The minimum absolute atomic E-state index is 0.167. The summed E-state index contributed by atoms with van der Waals surface area (Å²) in [6, 6.07) is 16.7. The number of hydrogen-bond donors (Lipinski definition) is 1. The van der Waals surface area contributed by atoms with E-state index in [2.05, 4.69) is 11.4 Å². The van der Waals surface area contributed by atoms with E-state index in [1.54, 1.807) is 31.4 Å². The zero-order chi connectivity index (χ0) is 19.7. The first-order valence-electron chi connectivity index (χ1n) is 8.60. The monoisotopic (exact) mass is 368 g/mol. The molecule has 1 atom stereocenters. The summed E-state index contributed by atoms with van der Waals surface area (Å²) in [6.45, 7) is 2.83. The van der Waals surface area contributed by atoms with Gasteiger partial charge in [-0.1, -0.05) is 18.2 Å². The predicted molar refractivity (Wildman–Crippen MR) is 102 cm³/mol. The van der Waals surface area contributed by atoms with Crippen LogP contribution in [-0.2, 0) is 15.1 Å². The van der Waals surface area contributed by atoms with Crippen LogP contribution in [-0.4, -0.2) is 33.3 Å². The molecule has 0 unspecified atom stereocenters. The van der Waals surface area contributed by atoms with E-state index in [-0.39, 0.29) is 12.4 Å². The molecular formula is C21H24N2O4. The van der Waals surface area contributed by atoms with Crippen molar-refractivity contribution in [2.75, 3.05) is 27.4 Å². The van der Waals surface area contributed by atoms with E-state index < -0.39 is 5.54 Å². The van der Waals surface area contributed by atoms with Gasteiger partial charge in [0.15, 0.2) is 0 Å². The van der Waals surface area contributed by atoms with Gasteiger partial charge in [0.1, 0.15) is 18.1 Å². The summed E-state index contributed by atoms with van der Waals surface area (Å²) in [6.07, 6.45) is 0.167. The molecule has 0 heterocycles. The third-order valence-electron chi connectivity index (χ3n) is 4.28. The fraction of sp³-hybridized carbons (Fsp3) is 0.333. The van der Waals surface area contributed by atoms with Gasteiger partial charge in [-0.3, -0.25) is 4.79 Å². The number of carbonyl (C=O) groups excluding carboxylic acids is 1. The molecule has 6 nitrogen and oxygen atoms in total. The molecule has 0 spiro atoms. The van der Waals surface area contributed by atoms with Crippen LogP contribution in [0.15, 0.2) is 48.5 Å². The maximum absolute atomic E-state index is 11.9. The summed E-state index contributed by atoms with van der Waals surface area (Å²) in [5.41, 5.74) is 0.825. The number of nitriles is 1. The Morgan fingerprint density at radius 3 is 2.59 bits per heavy atom. The van der Waals surface area contributed by atoms with Crippen LogP contribution in [0.1, 0.15) is 24.5 Å². The van der Waals surface area contributed by atoms with Gasteiger partial charge in [0, 0.05) is 6.54 Å². The zero-order valence-electron chi connectivity index (χ0n) is 15.8. The van der Waals surface area contributed by atoms with Crippen molar-refractivity contribution in [3.05, 3.63) is 59.7 Å². The number of nitrogens with zero attached hydrogens (tertiary/aromatic N) is 1. The normalized spacial score (nSPS) is 12.5. The van der Waals surface area contributed by atoms with Crippen LogP contribution in [0.2, 0.25) is 0 Å². The van der Waals surface area contributed by atoms with Gasteiger partial charge in [0.25, 0.3) is 0 Å². The van der Waals surface area contributed by atoms with E-state index in [0.29, 0.717) is 24.5 Å². The average molecular weight is 368 g/mol. The van der Waals surface area contributed by atoms with Gasteiger partial charge in [0.05, 0.1) is 37.8 Å². The minimum Gasteiger partial charge on any atom is -0.497 e. The van der Waals surface area contributed by atoms with Gasteiger partial charge in [-0.15, -0.1) is 0 Å². The molecule has 0 bridgehead atoms. The lowest BCUT2D eigenvalue weighted by Gasteiger charge is -2.31. The fourth-order valence-electron chi connectivity index (χ4n) is 2.74. The first-order valence-corrected chi connectivity index (χ1v) is 8.60. The molecule has 0 radical (unpaired) electrons. The summed E-state index contributed by atoms with van der Waals surface area (Å²) in [5.74, 6) is 1.04. The second-order valence-electron chi connectivity index (χ2n) is 6.23. The highest BCUT2D eigenvalue weighted by Gasteiger charge is 2.30. The summed E-state index contributed by atoms with van der Waals surface area (Å²) < 4.78 is 15.8. The van der Waals surface area contributed by atoms with Crippen molar-refractivity contribution >= 4 is 5.97 Å². The van der Waals surface area contributed by atoms with Crippen LogP contribution >= 0.6 is 0 Å². The molecule has 0 saturated heterocycles. The maximum atomic E-state index is 11.9. The summed E-state index contributed by atoms with van der Waals surface area (Å²) in [7, 11) is 2.98. The van der Waals surface area contributed by atoms with Gasteiger partial charge in [-0.2, -0.15) is 5.26 Å². The number of benzene rings is 2. The molecule has 0 aliphatic carbocycles. The highest BCUT2D eigenvalue weighted by molar-refractivity contribution is 5.71. The molecule has 0 aromatic heterocycles.